The van der Waals surface area contributed by atoms with Crippen LogP contribution in [0.1, 0.15) is 18.4 Å². The van der Waals surface area contributed by atoms with Gasteiger partial charge in [-0.3, -0.25) is 0 Å². The van der Waals surface area contributed by atoms with Gasteiger partial charge in [0.05, 0.1) is 6.10 Å². The summed E-state index contributed by atoms with van der Waals surface area (Å²) in [5.74, 6) is -1.52. The molecule has 1 aromatic carbocycles. The van der Waals surface area contributed by atoms with E-state index in [-0.39, 0.29) is 5.92 Å². The maximum atomic E-state index is 13.0. The molecule has 1 N–H and O–H groups in total. The van der Waals surface area contributed by atoms with Crippen LogP contribution in [0, 0.1) is 17.6 Å². The lowest BCUT2D eigenvalue weighted by molar-refractivity contribution is 0.00837. The molecule has 0 aromatic heterocycles. The Bertz CT molecular complexity index is 376. The number of aliphatic hydroxyl groups excluding tert-OH is 1. The monoisotopic (exact) mass is 242 g/mol. The number of benzene rings is 1. The van der Waals surface area contributed by atoms with Crippen molar-refractivity contribution in [1.29, 1.82) is 0 Å². The maximum absolute atomic E-state index is 13.0. The molecule has 0 spiro atoms. The van der Waals surface area contributed by atoms with E-state index in [4.69, 9.17) is 4.74 Å². The minimum Gasteiger partial charge on any atom is -0.392 e. The van der Waals surface area contributed by atoms with E-state index in [1.54, 1.807) is 0 Å². The van der Waals surface area contributed by atoms with Gasteiger partial charge in [0.1, 0.15) is 0 Å². The number of ether oxygens (including phenoxy) is 1. The Morgan fingerprint density at radius 3 is 2.59 bits per heavy atom. The molecule has 0 saturated carbocycles. The van der Waals surface area contributed by atoms with Crippen LogP contribution in [0.2, 0.25) is 0 Å². The van der Waals surface area contributed by atoms with Gasteiger partial charge in [0.25, 0.3) is 0 Å². The molecule has 1 aliphatic heterocycles. The van der Waals surface area contributed by atoms with Crippen molar-refractivity contribution in [2.75, 3.05) is 13.2 Å². The Hall–Kier alpha value is -1.00. The van der Waals surface area contributed by atoms with Gasteiger partial charge in [-0.25, -0.2) is 8.78 Å². The summed E-state index contributed by atoms with van der Waals surface area (Å²) in [6, 6.07) is 3.76. The van der Waals surface area contributed by atoms with Crippen LogP contribution in [0.5, 0.6) is 0 Å². The lowest BCUT2D eigenvalue weighted by Gasteiger charge is -2.26. The molecule has 2 rings (SSSR count). The first kappa shape index (κ1) is 12.5. The second-order valence-electron chi connectivity index (χ2n) is 4.47. The van der Waals surface area contributed by atoms with Gasteiger partial charge in [-0.1, -0.05) is 6.07 Å². The number of aliphatic hydroxyl groups is 1. The molecule has 1 fully saturated rings. The summed E-state index contributed by atoms with van der Waals surface area (Å²) in [7, 11) is 0. The Kier molecular flexibility index (Phi) is 4.07. The van der Waals surface area contributed by atoms with E-state index < -0.39 is 17.7 Å². The number of halogens is 2. The first-order chi connectivity index (χ1) is 8.16. The van der Waals surface area contributed by atoms with Crippen molar-refractivity contribution in [2.45, 2.75) is 25.4 Å². The standard InChI is InChI=1S/C13H16F2O2/c14-11-2-1-9(7-12(11)15)8-13(16)10-3-5-17-6-4-10/h1-2,7,10,13,16H,3-6,8H2. The summed E-state index contributed by atoms with van der Waals surface area (Å²) < 4.78 is 30.9. The molecule has 0 aliphatic carbocycles. The lowest BCUT2D eigenvalue weighted by Crippen LogP contribution is -2.28. The largest absolute Gasteiger partial charge is 0.392 e. The Morgan fingerprint density at radius 1 is 1.24 bits per heavy atom. The van der Waals surface area contributed by atoms with Crippen molar-refractivity contribution in [2.24, 2.45) is 5.92 Å². The van der Waals surface area contributed by atoms with Crippen molar-refractivity contribution in [1.82, 2.24) is 0 Å². The second kappa shape index (κ2) is 5.56. The zero-order chi connectivity index (χ0) is 12.3. The molecule has 4 heteroatoms. The van der Waals surface area contributed by atoms with Crippen molar-refractivity contribution in [3.8, 4) is 0 Å². The second-order valence-corrected chi connectivity index (χ2v) is 4.47. The molecule has 17 heavy (non-hydrogen) atoms. The van der Waals surface area contributed by atoms with E-state index in [9.17, 15) is 13.9 Å². The SMILES string of the molecule is OC(Cc1ccc(F)c(F)c1)C1CCOCC1. The Balaban J connectivity index is 1.96. The molecule has 1 saturated heterocycles. The van der Waals surface area contributed by atoms with E-state index in [1.807, 2.05) is 0 Å². The lowest BCUT2D eigenvalue weighted by atomic mass is 9.90. The van der Waals surface area contributed by atoms with E-state index in [0.29, 0.717) is 25.2 Å². The minimum atomic E-state index is -0.860. The highest BCUT2D eigenvalue weighted by Gasteiger charge is 2.22. The molecule has 1 unspecified atom stereocenters. The maximum Gasteiger partial charge on any atom is 0.159 e. The van der Waals surface area contributed by atoms with Crippen LogP contribution in [0.3, 0.4) is 0 Å². The quantitative estimate of drug-likeness (QED) is 0.881. The van der Waals surface area contributed by atoms with Gasteiger partial charge < -0.3 is 9.84 Å². The third-order valence-electron chi connectivity index (χ3n) is 3.24. The van der Waals surface area contributed by atoms with Gasteiger partial charge in [-0.2, -0.15) is 0 Å². The number of hydrogen-bond acceptors (Lipinski definition) is 2. The summed E-state index contributed by atoms with van der Waals surface area (Å²) in [5, 5.41) is 10.0. The smallest absolute Gasteiger partial charge is 0.159 e. The fourth-order valence-electron chi connectivity index (χ4n) is 2.18. The van der Waals surface area contributed by atoms with Crippen LogP contribution in [0.25, 0.3) is 0 Å². The summed E-state index contributed by atoms with van der Waals surface area (Å²) in [6.45, 7) is 1.33. The van der Waals surface area contributed by atoms with Crippen molar-refractivity contribution in [3.05, 3.63) is 35.4 Å². The first-order valence-electron chi connectivity index (χ1n) is 5.86. The minimum absolute atomic E-state index is 0.192. The molecule has 0 amide bonds. The first-order valence-corrected chi connectivity index (χ1v) is 5.86. The van der Waals surface area contributed by atoms with Gasteiger partial charge in [-0.15, -0.1) is 0 Å². The highest BCUT2D eigenvalue weighted by Crippen LogP contribution is 2.22. The van der Waals surface area contributed by atoms with Crippen LogP contribution in [-0.2, 0) is 11.2 Å². The van der Waals surface area contributed by atoms with E-state index in [2.05, 4.69) is 0 Å². The van der Waals surface area contributed by atoms with E-state index in [0.717, 1.165) is 25.0 Å². The summed E-state index contributed by atoms with van der Waals surface area (Å²) in [4.78, 5) is 0. The van der Waals surface area contributed by atoms with Crippen LogP contribution < -0.4 is 0 Å². The predicted octanol–water partition coefficient (Wildman–Crippen LogP) is 2.29. The molecule has 94 valence electrons. The zero-order valence-electron chi connectivity index (χ0n) is 9.53. The molecule has 1 heterocycles. The molecule has 2 nitrogen and oxygen atoms in total. The number of rotatable bonds is 3. The molecule has 0 radical (unpaired) electrons. The summed E-state index contributed by atoms with van der Waals surface area (Å²) in [6.07, 6.45) is 1.50. The third kappa shape index (κ3) is 3.23. The molecular weight excluding hydrogens is 226 g/mol. The van der Waals surface area contributed by atoms with E-state index in [1.165, 1.54) is 6.07 Å². The summed E-state index contributed by atoms with van der Waals surface area (Å²) in [5.41, 5.74) is 0.628. The molecular formula is C13H16F2O2. The van der Waals surface area contributed by atoms with Gasteiger partial charge in [0.15, 0.2) is 11.6 Å². The van der Waals surface area contributed by atoms with Crippen molar-refractivity contribution >= 4 is 0 Å². The average Bonchev–Trinajstić information content (AvgIpc) is 2.35. The van der Waals surface area contributed by atoms with Gasteiger partial charge >= 0.3 is 0 Å². The fourth-order valence-corrected chi connectivity index (χ4v) is 2.18. The van der Waals surface area contributed by atoms with Gasteiger partial charge in [-0.05, 0) is 42.9 Å². The van der Waals surface area contributed by atoms with Crippen LogP contribution in [0.4, 0.5) is 8.78 Å². The van der Waals surface area contributed by atoms with Crippen LogP contribution in [0.15, 0.2) is 18.2 Å². The van der Waals surface area contributed by atoms with E-state index >= 15 is 0 Å². The molecule has 0 bridgehead atoms. The zero-order valence-corrected chi connectivity index (χ0v) is 9.53. The van der Waals surface area contributed by atoms with Crippen molar-refractivity contribution in [3.63, 3.8) is 0 Å². The normalized spacial score (nSPS) is 19.2. The average molecular weight is 242 g/mol. The van der Waals surface area contributed by atoms with Crippen molar-refractivity contribution < 1.29 is 18.6 Å². The Morgan fingerprint density at radius 2 is 1.94 bits per heavy atom. The molecule has 1 aliphatic rings. The number of hydrogen-bond donors (Lipinski definition) is 1. The third-order valence-corrected chi connectivity index (χ3v) is 3.24. The van der Waals surface area contributed by atoms with Gasteiger partial charge in [0, 0.05) is 13.2 Å². The van der Waals surface area contributed by atoms with Gasteiger partial charge in [0.2, 0.25) is 0 Å². The summed E-state index contributed by atoms with van der Waals surface area (Å²) >= 11 is 0. The fraction of sp³-hybridized carbons (Fsp3) is 0.538. The molecule has 1 aromatic rings. The Labute approximate surface area is 99.2 Å². The predicted molar refractivity (Wildman–Crippen MR) is 59.6 cm³/mol. The van der Waals surface area contributed by atoms with Crippen LogP contribution >= 0.6 is 0 Å². The highest BCUT2D eigenvalue weighted by molar-refractivity contribution is 5.18. The topological polar surface area (TPSA) is 29.5 Å². The highest BCUT2D eigenvalue weighted by atomic mass is 19.2. The molecule has 1 atom stereocenters. The van der Waals surface area contributed by atoms with Crippen LogP contribution in [-0.4, -0.2) is 24.4 Å².